The van der Waals surface area contributed by atoms with E-state index in [1.165, 1.54) is 0 Å². The zero-order chi connectivity index (χ0) is 15.3. The minimum absolute atomic E-state index is 0.149. The molecular weight excluding hydrogens is 290 g/mol. The van der Waals surface area contributed by atoms with E-state index in [-0.39, 0.29) is 11.7 Å². The van der Waals surface area contributed by atoms with E-state index in [0.717, 1.165) is 25.7 Å². The molecule has 1 saturated carbocycles. The zero-order valence-corrected chi connectivity index (χ0v) is 12.7. The largest absolute Gasteiger partial charge is 0.466 e. The van der Waals surface area contributed by atoms with Crippen LogP contribution in [-0.2, 0) is 9.53 Å². The van der Waals surface area contributed by atoms with Crippen LogP contribution in [0.2, 0.25) is 5.02 Å². The monoisotopic (exact) mass is 307 g/mol. The average molecular weight is 308 g/mol. The lowest BCUT2D eigenvalue weighted by Gasteiger charge is -2.26. The first-order valence-corrected chi connectivity index (χ1v) is 7.47. The first-order chi connectivity index (χ1) is 10.1. The molecule has 0 amide bonds. The van der Waals surface area contributed by atoms with Crippen molar-refractivity contribution < 1.29 is 9.53 Å². The van der Waals surface area contributed by atoms with E-state index in [9.17, 15) is 4.79 Å². The number of carbonyl (C=O) groups is 1. The van der Waals surface area contributed by atoms with Gasteiger partial charge in [-0.3, -0.25) is 4.79 Å². The van der Waals surface area contributed by atoms with E-state index in [2.05, 4.69) is 10.3 Å². The summed E-state index contributed by atoms with van der Waals surface area (Å²) in [5.41, 5.74) is -0.303. The topological polar surface area (TPSA) is 75.0 Å². The predicted molar refractivity (Wildman–Crippen MR) is 80.0 cm³/mol. The number of pyridine rings is 1. The third kappa shape index (κ3) is 3.45. The first-order valence-electron chi connectivity index (χ1n) is 7.09. The van der Waals surface area contributed by atoms with Crippen molar-refractivity contribution in [1.29, 1.82) is 5.26 Å². The molecule has 0 aromatic carbocycles. The molecule has 1 aliphatic rings. The molecule has 1 aromatic rings. The Labute approximate surface area is 129 Å². The van der Waals surface area contributed by atoms with Crippen molar-refractivity contribution in [3.63, 3.8) is 0 Å². The Morgan fingerprint density at radius 3 is 2.86 bits per heavy atom. The Bertz CT molecular complexity index is 563. The smallest absolute Gasteiger partial charge is 0.313 e. The number of nitrogens with zero attached hydrogens (tertiary/aromatic N) is 2. The SMILES string of the molecule is CCOC(=O)C1(CNc2ccc(Cl)c(C#N)n2)CCCC1. The standard InChI is InChI=1S/C15H18ClN3O2/c1-2-21-14(20)15(7-3-4-8-15)10-18-13-6-5-11(16)12(9-17)19-13/h5-6H,2-4,7-8,10H2,1H3,(H,18,19). The van der Waals surface area contributed by atoms with Gasteiger partial charge in [0.15, 0.2) is 5.69 Å². The number of halogens is 1. The average Bonchev–Trinajstić information content (AvgIpc) is 2.97. The second-order valence-electron chi connectivity index (χ2n) is 5.20. The van der Waals surface area contributed by atoms with E-state index in [1.807, 2.05) is 13.0 Å². The van der Waals surface area contributed by atoms with E-state index < -0.39 is 5.41 Å². The van der Waals surface area contributed by atoms with Gasteiger partial charge in [-0.15, -0.1) is 0 Å². The minimum Gasteiger partial charge on any atom is -0.466 e. The van der Waals surface area contributed by atoms with Crippen LogP contribution in [0.25, 0.3) is 0 Å². The molecule has 1 N–H and O–H groups in total. The van der Waals surface area contributed by atoms with Gasteiger partial charge in [0.1, 0.15) is 11.9 Å². The number of rotatable bonds is 5. The number of hydrogen-bond donors (Lipinski definition) is 1. The fraction of sp³-hybridized carbons (Fsp3) is 0.533. The number of nitriles is 1. The molecule has 6 heteroatoms. The van der Waals surface area contributed by atoms with E-state index in [0.29, 0.717) is 24.0 Å². The van der Waals surface area contributed by atoms with Crippen LogP contribution >= 0.6 is 11.6 Å². The summed E-state index contributed by atoms with van der Waals surface area (Å²) in [5, 5.41) is 12.4. The summed E-state index contributed by atoms with van der Waals surface area (Å²) in [6.45, 7) is 2.66. The summed E-state index contributed by atoms with van der Waals surface area (Å²) in [7, 11) is 0. The normalized spacial score (nSPS) is 16.2. The van der Waals surface area contributed by atoms with Gasteiger partial charge in [-0.05, 0) is 31.9 Å². The maximum atomic E-state index is 12.2. The highest BCUT2D eigenvalue weighted by molar-refractivity contribution is 6.31. The molecule has 5 nitrogen and oxygen atoms in total. The van der Waals surface area contributed by atoms with Crippen molar-refractivity contribution in [3.8, 4) is 6.07 Å². The number of carbonyl (C=O) groups excluding carboxylic acids is 1. The molecule has 0 saturated heterocycles. The van der Waals surface area contributed by atoms with Gasteiger partial charge in [-0.1, -0.05) is 24.4 Å². The zero-order valence-electron chi connectivity index (χ0n) is 12.0. The van der Waals surface area contributed by atoms with Gasteiger partial charge >= 0.3 is 5.97 Å². The predicted octanol–water partition coefficient (Wildman–Crippen LogP) is 3.14. The fourth-order valence-electron chi connectivity index (χ4n) is 2.67. The van der Waals surface area contributed by atoms with Crippen LogP contribution < -0.4 is 5.32 Å². The summed E-state index contributed by atoms with van der Waals surface area (Å²) in [4.78, 5) is 16.3. The Balaban J connectivity index is 2.09. The highest BCUT2D eigenvalue weighted by Crippen LogP contribution is 2.39. The van der Waals surface area contributed by atoms with Crippen molar-refractivity contribution in [2.45, 2.75) is 32.6 Å². The van der Waals surface area contributed by atoms with Crippen molar-refractivity contribution >= 4 is 23.4 Å². The number of aromatic nitrogens is 1. The molecular formula is C15H18ClN3O2. The molecule has 0 spiro atoms. The van der Waals surface area contributed by atoms with Crippen molar-refractivity contribution in [2.75, 3.05) is 18.5 Å². The summed E-state index contributed by atoms with van der Waals surface area (Å²) < 4.78 is 5.21. The molecule has 1 aromatic heterocycles. The Morgan fingerprint density at radius 1 is 1.52 bits per heavy atom. The lowest BCUT2D eigenvalue weighted by atomic mass is 9.86. The molecule has 1 aliphatic carbocycles. The summed E-state index contributed by atoms with van der Waals surface area (Å²) >= 11 is 5.86. The fourth-order valence-corrected chi connectivity index (χ4v) is 2.82. The molecule has 0 aliphatic heterocycles. The molecule has 2 rings (SSSR count). The van der Waals surface area contributed by atoms with Gasteiger partial charge in [-0.2, -0.15) is 5.26 Å². The Kier molecular flexibility index (Phi) is 5.03. The minimum atomic E-state index is -0.482. The van der Waals surface area contributed by atoms with E-state index in [1.54, 1.807) is 12.1 Å². The van der Waals surface area contributed by atoms with Crippen LogP contribution in [0, 0.1) is 16.7 Å². The number of hydrogen-bond acceptors (Lipinski definition) is 5. The third-order valence-electron chi connectivity index (χ3n) is 3.83. The summed E-state index contributed by atoms with van der Waals surface area (Å²) in [6, 6.07) is 5.27. The van der Waals surface area contributed by atoms with Crippen LogP contribution in [0.3, 0.4) is 0 Å². The lowest BCUT2D eigenvalue weighted by Crippen LogP contribution is -2.37. The maximum Gasteiger partial charge on any atom is 0.313 e. The molecule has 1 heterocycles. The Morgan fingerprint density at radius 2 is 2.24 bits per heavy atom. The second-order valence-corrected chi connectivity index (χ2v) is 5.61. The third-order valence-corrected chi connectivity index (χ3v) is 4.13. The summed E-state index contributed by atoms with van der Waals surface area (Å²) in [5.74, 6) is 0.399. The van der Waals surface area contributed by atoms with Crippen LogP contribution in [0.4, 0.5) is 5.82 Å². The van der Waals surface area contributed by atoms with Gasteiger partial charge in [-0.25, -0.2) is 4.98 Å². The van der Waals surface area contributed by atoms with Gasteiger partial charge in [0, 0.05) is 6.54 Å². The number of ether oxygens (including phenoxy) is 1. The quantitative estimate of drug-likeness (QED) is 0.846. The van der Waals surface area contributed by atoms with Crippen molar-refractivity contribution in [3.05, 3.63) is 22.8 Å². The second kappa shape index (κ2) is 6.77. The van der Waals surface area contributed by atoms with E-state index >= 15 is 0 Å². The molecule has 1 fully saturated rings. The van der Waals surface area contributed by atoms with Crippen LogP contribution in [0.5, 0.6) is 0 Å². The van der Waals surface area contributed by atoms with Gasteiger partial charge in [0.05, 0.1) is 17.0 Å². The van der Waals surface area contributed by atoms with E-state index in [4.69, 9.17) is 21.6 Å². The highest BCUT2D eigenvalue weighted by atomic mass is 35.5. The van der Waals surface area contributed by atoms with Crippen molar-refractivity contribution in [1.82, 2.24) is 4.98 Å². The van der Waals surface area contributed by atoms with Crippen LogP contribution in [0.15, 0.2) is 12.1 Å². The highest BCUT2D eigenvalue weighted by Gasteiger charge is 2.42. The van der Waals surface area contributed by atoms with Gasteiger partial charge in [0.25, 0.3) is 0 Å². The molecule has 112 valence electrons. The molecule has 0 unspecified atom stereocenters. The summed E-state index contributed by atoms with van der Waals surface area (Å²) in [6.07, 6.45) is 3.69. The molecule has 21 heavy (non-hydrogen) atoms. The number of esters is 1. The lowest BCUT2D eigenvalue weighted by molar-refractivity contribution is -0.154. The van der Waals surface area contributed by atoms with Gasteiger partial charge in [0.2, 0.25) is 0 Å². The maximum absolute atomic E-state index is 12.2. The molecule has 0 radical (unpaired) electrons. The van der Waals surface area contributed by atoms with Crippen LogP contribution in [0.1, 0.15) is 38.3 Å². The number of anilines is 1. The number of nitrogens with one attached hydrogen (secondary N) is 1. The molecule has 0 atom stereocenters. The molecule has 0 bridgehead atoms. The Hall–Kier alpha value is -1.80. The van der Waals surface area contributed by atoms with Crippen LogP contribution in [-0.4, -0.2) is 24.1 Å². The first kappa shape index (κ1) is 15.6. The van der Waals surface area contributed by atoms with Gasteiger partial charge < -0.3 is 10.1 Å². The van der Waals surface area contributed by atoms with Crippen molar-refractivity contribution in [2.24, 2.45) is 5.41 Å².